The highest BCUT2D eigenvalue weighted by molar-refractivity contribution is 9.10. The van der Waals surface area contributed by atoms with Crippen LogP contribution in [0.5, 0.6) is 5.75 Å². The Bertz CT molecular complexity index is 612. The number of aryl methyl sites for hydroxylation is 1. The van der Waals surface area contributed by atoms with E-state index < -0.39 is 0 Å². The number of halogens is 2. The van der Waals surface area contributed by atoms with Crippen molar-refractivity contribution in [3.63, 3.8) is 0 Å². The molecule has 5 heteroatoms. The minimum absolute atomic E-state index is 0.279. The molecule has 0 aliphatic carbocycles. The molecule has 0 spiro atoms. The number of rotatable bonds is 3. The zero-order chi connectivity index (χ0) is 14.2. The molecule has 2 N–H and O–H groups in total. The summed E-state index contributed by atoms with van der Waals surface area (Å²) in [5, 5.41) is 2.65. The second-order valence-electron chi connectivity index (χ2n) is 4.36. The molecule has 0 fully saturated rings. The third-order valence-corrected chi connectivity index (χ3v) is 5.42. The molecule has 1 aromatic heterocycles. The number of methoxy groups -OCH3 is 1. The van der Waals surface area contributed by atoms with E-state index in [4.69, 9.17) is 22.1 Å². The van der Waals surface area contributed by atoms with Crippen molar-refractivity contribution < 1.29 is 4.74 Å². The molecule has 1 aromatic carbocycles. The van der Waals surface area contributed by atoms with Gasteiger partial charge in [0.05, 0.1) is 18.2 Å². The average Bonchev–Trinajstić information content (AvgIpc) is 2.79. The molecule has 1 unspecified atom stereocenters. The molecule has 2 rings (SSSR count). The molecular weight excluding hydrogens is 346 g/mol. The lowest BCUT2D eigenvalue weighted by Crippen LogP contribution is -2.14. The zero-order valence-electron chi connectivity index (χ0n) is 11.0. The van der Waals surface area contributed by atoms with Crippen molar-refractivity contribution >= 4 is 38.9 Å². The van der Waals surface area contributed by atoms with Crippen molar-refractivity contribution in [1.29, 1.82) is 0 Å². The van der Waals surface area contributed by atoms with E-state index in [1.54, 1.807) is 18.4 Å². The van der Waals surface area contributed by atoms with Crippen LogP contribution in [0, 0.1) is 13.8 Å². The third-order valence-electron chi connectivity index (χ3n) is 3.15. The van der Waals surface area contributed by atoms with Crippen molar-refractivity contribution in [3.05, 3.63) is 48.6 Å². The largest absolute Gasteiger partial charge is 0.496 e. The maximum atomic E-state index is 6.40. The van der Waals surface area contributed by atoms with Gasteiger partial charge in [-0.2, -0.15) is 0 Å². The molecule has 19 heavy (non-hydrogen) atoms. The van der Waals surface area contributed by atoms with Crippen LogP contribution < -0.4 is 10.5 Å². The van der Waals surface area contributed by atoms with Crippen molar-refractivity contribution in [1.82, 2.24) is 0 Å². The van der Waals surface area contributed by atoms with Gasteiger partial charge >= 0.3 is 0 Å². The van der Waals surface area contributed by atoms with E-state index in [0.717, 1.165) is 31.8 Å². The highest BCUT2D eigenvalue weighted by Gasteiger charge is 2.22. The molecular formula is C14H15BrClNOS. The fraction of sp³-hybridized carbons (Fsp3) is 0.286. The van der Waals surface area contributed by atoms with Crippen molar-refractivity contribution in [2.45, 2.75) is 19.9 Å². The molecule has 0 bridgehead atoms. The Balaban J connectivity index is 2.64. The standard InChI is InChI=1S/C14H15BrClNOS/c1-7-6-9(15)8(2)11(13(7)18-3)12(17)14-10(16)4-5-19-14/h4-6,12H,17H2,1-3H3. The molecule has 0 saturated heterocycles. The Hall–Kier alpha value is -0.550. The Kier molecular flexibility index (Phi) is 4.56. The van der Waals surface area contributed by atoms with Gasteiger partial charge in [-0.3, -0.25) is 0 Å². The third kappa shape index (κ3) is 2.68. The van der Waals surface area contributed by atoms with Crippen LogP contribution in [0.15, 0.2) is 22.0 Å². The van der Waals surface area contributed by atoms with E-state index in [9.17, 15) is 0 Å². The lowest BCUT2D eigenvalue weighted by molar-refractivity contribution is 0.404. The minimum Gasteiger partial charge on any atom is -0.496 e. The Labute approximate surface area is 130 Å². The summed E-state index contributed by atoms with van der Waals surface area (Å²) in [5.41, 5.74) is 9.52. The minimum atomic E-state index is -0.279. The first-order valence-corrected chi connectivity index (χ1v) is 7.84. The van der Waals surface area contributed by atoms with E-state index >= 15 is 0 Å². The summed E-state index contributed by atoms with van der Waals surface area (Å²) in [5.74, 6) is 0.831. The van der Waals surface area contributed by atoms with Crippen molar-refractivity contribution in [2.24, 2.45) is 5.73 Å². The Morgan fingerprint density at radius 1 is 1.42 bits per heavy atom. The summed E-state index contributed by atoms with van der Waals surface area (Å²) in [7, 11) is 1.67. The summed E-state index contributed by atoms with van der Waals surface area (Å²) < 4.78 is 6.56. The Morgan fingerprint density at radius 3 is 2.63 bits per heavy atom. The molecule has 2 aromatic rings. The van der Waals surface area contributed by atoms with Crippen LogP contribution in [0.1, 0.15) is 27.6 Å². The van der Waals surface area contributed by atoms with Crippen LogP contribution in [0.2, 0.25) is 5.02 Å². The number of ether oxygens (including phenoxy) is 1. The van der Waals surface area contributed by atoms with Gasteiger partial charge in [0.1, 0.15) is 5.75 Å². The fourth-order valence-electron chi connectivity index (χ4n) is 2.18. The van der Waals surface area contributed by atoms with Gasteiger partial charge in [-0.1, -0.05) is 27.5 Å². The van der Waals surface area contributed by atoms with E-state index in [1.807, 2.05) is 31.4 Å². The van der Waals surface area contributed by atoms with Crippen molar-refractivity contribution in [3.8, 4) is 5.75 Å². The predicted molar refractivity (Wildman–Crippen MR) is 85.5 cm³/mol. The summed E-state index contributed by atoms with van der Waals surface area (Å²) in [4.78, 5) is 0.959. The second kappa shape index (κ2) is 5.83. The summed E-state index contributed by atoms with van der Waals surface area (Å²) in [6.07, 6.45) is 0. The summed E-state index contributed by atoms with van der Waals surface area (Å²) in [6, 6.07) is 3.63. The van der Waals surface area contributed by atoms with E-state index in [1.165, 1.54) is 0 Å². The van der Waals surface area contributed by atoms with Crippen LogP contribution in [0.4, 0.5) is 0 Å². The predicted octanol–water partition coefficient (Wildman–Crippen LogP) is 4.84. The number of benzene rings is 1. The van der Waals surface area contributed by atoms with Gasteiger partial charge in [0.15, 0.2) is 0 Å². The van der Waals surface area contributed by atoms with Crippen LogP contribution in [-0.2, 0) is 0 Å². The topological polar surface area (TPSA) is 35.2 Å². The average molecular weight is 361 g/mol. The SMILES string of the molecule is COc1c(C)cc(Br)c(C)c1C(N)c1sccc1Cl. The van der Waals surface area contributed by atoms with Gasteiger partial charge < -0.3 is 10.5 Å². The molecule has 0 radical (unpaired) electrons. The molecule has 1 atom stereocenters. The smallest absolute Gasteiger partial charge is 0.127 e. The number of hydrogen-bond donors (Lipinski definition) is 1. The quantitative estimate of drug-likeness (QED) is 0.850. The number of hydrogen-bond acceptors (Lipinski definition) is 3. The molecule has 0 aliphatic rings. The van der Waals surface area contributed by atoms with Gasteiger partial charge in [-0.05, 0) is 42.5 Å². The molecule has 0 amide bonds. The molecule has 2 nitrogen and oxygen atoms in total. The maximum absolute atomic E-state index is 6.40. The van der Waals surface area contributed by atoms with E-state index in [2.05, 4.69) is 15.9 Å². The highest BCUT2D eigenvalue weighted by atomic mass is 79.9. The first kappa shape index (κ1) is 14.9. The van der Waals surface area contributed by atoms with E-state index in [-0.39, 0.29) is 6.04 Å². The molecule has 0 aliphatic heterocycles. The highest BCUT2D eigenvalue weighted by Crippen LogP contribution is 2.40. The van der Waals surface area contributed by atoms with Crippen LogP contribution in [0.3, 0.4) is 0 Å². The first-order valence-electron chi connectivity index (χ1n) is 5.79. The Morgan fingerprint density at radius 2 is 2.11 bits per heavy atom. The number of thiophene rings is 1. The van der Waals surface area contributed by atoms with Crippen LogP contribution in [-0.4, -0.2) is 7.11 Å². The number of nitrogens with two attached hydrogens (primary N) is 1. The van der Waals surface area contributed by atoms with E-state index in [0.29, 0.717) is 5.02 Å². The lowest BCUT2D eigenvalue weighted by Gasteiger charge is -2.20. The van der Waals surface area contributed by atoms with Gasteiger partial charge in [0.25, 0.3) is 0 Å². The van der Waals surface area contributed by atoms with Crippen LogP contribution in [0.25, 0.3) is 0 Å². The van der Waals surface area contributed by atoms with Crippen LogP contribution >= 0.6 is 38.9 Å². The second-order valence-corrected chi connectivity index (χ2v) is 6.57. The normalized spacial score (nSPS) is 12.5. The monoisotopic (exact) mass is 359 g/mol. The summed E-state index contributed by atoms with van der Waals surface area (Å²) >= 11 is 11.3. The van der Waals surface area contributed by atoms with Gasteiger partial charge in [0, 0.05) is 14.9 Å². The van der Waals surface area contributed by atoms with Gasteiger partial charge in [-0.25, -0.2) is 0 Å². The van der Waals surface area contributed by atoms with Crippen molar-refractivity contribution in [2.75, 3.05) is 7.11 Å². The maximum Gasteiger partial charge on any atom is 0.127 e. The summed E-state index contributed by atoms with van der Waals surface area (Å²) in [6.45, 7) is 4.04. The molecule has 0 saturated carbocycles. The fourth-order valence-corrected chi connectivity index (χ4v) is 3.92. The van der Waals surface area contributed by atoms with Gasteiger partial charge in [-0.15, -0.1) is 11.3 Å². The molecule has 1 heterocycles. The lowest BCUT2D eigenvalue weighted by atomic mass is 9.96. The zero-order valence-corrected chi connectivity index (χ0v) is 14.1. The van der Waals surface area contributed by atoms with Gasteiger partial charge in [0.2, 0.25) is 0 Å². The first-order chi connectivity index (χ1) is 8.97. The molecule has 102 valence electrons.